The number of carbonyl (C=O) groups is 2. The highest BCUT2D eigenvalue weighted by atomic mass is 32.2. The highest BCUT2D eigenvalue weighted by Gasteiger charge is 2.76. The average Bonchev–Trinajstić information content (AvgIpc) is 2.97. The van der Waals surface area contributed by atoms with Crippen molar-refractivity contribution in [1.82, 2.24) is 0 Å². The molecule has 0 spiro atoms. The van der Waals surface area contributed by atoms with E-state index >= 15 is 0 Å². The quantitative estimate of drug-likeness (QED) is 0.190. The van der Waals surface area contributed by atoms with E-state index in [1.54, 1.807) is 0 Å². The van der Waals surface area contributed by atoms with E-state index in [1.807, 2.05) is 36.4 Å². The standard InChI is InChI=1S/C33H32F6O7S/c34-32(35,36)31(33(37,38)39,17-47(42,43)44)46-28(41)30-13-18-9-19(14-30)12-29(11-18,15-30)16-45-27(40)25-10-24-20-5-1-3-7-22(20)26(25)23-8-4-2-6-21(23)24/h1-8,18-19,24-26H,9-17H2,(H,42,43,44)/p-1. The third-order valence-electron chi connectivity index (χ3n) is 11.3. The Morgan fingerprint density at radius 1 is 0.809 bits per heavy atom. The molecule has 2 aromatic rings. The molecule has 4 saturated carbocycles. The molecule has 14 heteroatoms. The van der Waals surface area contributed by atoms with Crippen LogP contribution >= 0.6 is 0 Å². The van der Waals surface area contributed by atoms with Crippen LogP contribution < -0.4 is 0 Å². The van der Waals surface area contributed by atoms with Crippen LogP contribution in [0.3, 0.4) is 0 Å². The van der Waals surface area contributed by atoms with E-state index < -0.39 is 62.5 Å². The second-order valence-corrected chi connectivity index (χ2v) is 15.8. The molecular weight excluding hydrogens is 654 g/mol. The largest absolute Gasteiger partial charge is 0.748 e. The predicted molar refractivity (Wildman–Crippen MR) is 151 cm³/mol. The first-order valence-corrected chi connectivity index (χ1v) is 17.1. The van der Waals surface area contributed by atoms with Gasteiger partial charge in [0.1, 0.15) is 0 Å². The molecule has 9 rings (SSSR count). The summed E-state index contributed by atoms with van der Waals surface area (Å²) in [5.74, 6) is -6.58. The second-order valence-electron chi connectivity index (χ2n) is 14.4. The third-order valence-corrected chi connectivity index (χ3v) is 12.1. The molecular formula is C33H31F6O7S-. The SMILES string of the molecule is O=C(OCC12CC3CC(C1)CC(C(=O)OC(CS(=O)(=O)[O-])(C(F)(F)F)C(F)(F)F)(C3)C2)C1CC2c3ccccc3C1c1ccccc12. The minimum atomic E-state index is -6.44. The molecule has 7 aliphatic rings. The van der Waals surface area contributed by atoms with Crippen LogP contribution in [0.4, 0.5) is 26.3 Å². The lowest BCUT2D eigenvalue weighted by molar-refractivity contribution is -0.364. The van der Waals surface area contributed by atoms with E-state index in [0.29, 0.717) is 25.7 Å². The molecule has 3 unspecified atom stereocenters. The molecule has 7 aliphatic carbocycles. The number of benzene rings is 2. The Kier molecular flexibility index (Phi) is 7.20. The Morgan fingerprint density at radius 3 is 1.81 bits per heavy atom. The van der Waals surface area contributed by atoms with Gasteiger partial charge in [-0.2, -0.15) is 26.3 Å². The highest BCUT2D eigenvalue weighted by molar-refractivity contribution is 7.85. The average molecular weight is 686 g/mol. The normalized spacial score (nSPS) is 32.4. The molecule has 0 amide bonds. The number of rotatable bonds is 7. The summed E-state index contributed by atoms with van der Waals surface area (Å²) < 4.78 is 128. The molecule has 0 heterocycles. The van der Waals surface area contributed by atoms with Gasteiger partial charge >= 0.3 is 29.9 Å². The summed E-state index contributed by atoms with van der Waals surface area (Å²) in [6.45, 7) is -0.163. The van der Waals surface area contributed by atoms with Crippen LogP contribution in [0.2, 0.25) is 0 Å². The maximum Gasteiger partial charge on any atom is 0.438 e. The monoisotopic (exact) mass is 685 g/mol. The summed E-state index contributed by atoms with van der Waals surface area (Å²) in [6.07, 6.45) is -11.1. The van der Waals surface area contributed by atoms with Crippen LogP contribution in [0.5, 0.6) is 0 Å². The van der Waals surface area contributed by atoms with Gasteiger partial charge < -0.3 is 14.0 Å². The van der Waals surface area contributed by atoms with Crippen molar-refractivity contribution < 1.29 is 58.4 Å². The van der Waals surface area contributed by atoms with Crippen LogP contribution in [0.25, 0.3) is 0 Å². The van der Waals surface area contributed by atoms with Crippen LogP contribution in [-0.4, -0.2) is 55.2 Å². The summed E-state index contributed by atoms with van der Waals surface area (Å²) in [6, 6.07) is 15.8. The maximum atomic E-state index is 14.0. The lowest BCUT2D eigenvalue weighted by atomic mass is 9.44. The Morgan fingerprint density at radius 2 is 1.32 bits per heavy atom. The molecule has 0 aromatic heterocycles. The van der Waals surface area contributed by atoms with Crippen LogP contribution in [0.15, 0.2) is 48.5 Å². The van der Waals surface area contributed by atoms with Gasteiger partial charge in [0.05, 0.1) is 33.8 Å². The number of fused-ring (bicyclic) bond motifs is 1. The Labute approximate surface area is 266 Å². The van der Waals surface area contributed by atoms with Gasteiger partial charge in [-0.25, -0.2) is 8.42 Å². The minimum Gasteiger partial charge on any atom is -0.748 e. The molecule has 0 aliphatic heterocycles. The predicted octanol–water partition coefficient (Wildman–Crippen LogP) is 6.37. The Hall–Kier alpha value is -3.13. The molecule has 0 N–H and O–H groups in total. The van der Waals surface area contributed by atoms with E-state index in [4.69, 9.17) is 4.74 Å². The lowest BCUT2D eigenvalue weighted by Gasteiger charge is -2.60. The Bertz CT molecular complexity index is 1660. The number of halogens is 6. The van der Waals surface area contributed by atoms with Crippen molar-refractivity contribution in [3.63, 3.8) is 0 Å². The Balaban J connectivity index is 1.14. The van der Waals surface area contributed by atoms with Crippen LogP contribution in [0.1, 0.15) is 79.0 Å². The van der Waals surface area contributed by atoms with E-state index in [-0.39, 0.29) is 49.5 Å². The molecule has 7 nitrogen and oxygen atoms in total. The van der Waals surface area contributed by atoms with Crippen molar-refractivity contribution in [3.05, 3.63) is 70.8 Å². The van der Waals surface area contributed by atoms with E-state index in [1.165, 1.54) is 0 Å². The van der Waals surface area contributed by atoms with Crippen LogP contribution in [-0.2, 0) is 29.2 Å². The second kappa shape index (κ2) is 10.4. The number of carbonyl (C=O) groups excluding carboxylic acids is 2. The fourth-order valence-electron chi connectivity index (χ4n) is 10.0. The summed E-state index contributed by atoms with van der Waals surface area (Å²) >= 11 is 0. The van der Waals surface area contributed by atoms with Gasteiger partial charge in [-0.05, 0) is 79.0 Å². The van der Waals surface area contributed by atoms with Gasteiger partial charge in [0, 0.05) is 17.3 Å². The smallest absolute Gasteiger partial charge is 0.438 e. The highest BCUT2D eigenvalue weighted by Crippen LogP contribution is 2.66. The first-order chi connectivity index (χ1) is 21.9. The van der Waals surface area contributed by atoms with E-state index in [2.05, 4.69) is 16.9 Å². The zero-order chi connectivity index (χ0) is 33.8. The van der Waals surface area contributed by atoms with E-state index in [0.717, 1.165) is 22.3 Å². The van der Waals surface area contributed by atoms with Crippen molar-refractivity contribution in [3.8, 4) is 0 Å². The first kappa shape index (κ1) is 32.4. The zero-order valence-electron chi connectivity index (χ0n) is 24.9. The van der Waals surface area contributed by atoms with Crippen LogP contribution in [0, 0.1) is 28.6 Å². The molecule has 0 saturated heterocycles. The van der Waals surface area contributed by atoms with Crippen molar-refractivity contribution >= 4 is 22.1 Å². The van der Waals surface area contributed by atoms with Crippen molar-refractivity contribution in [2.24, 2.45) is 28.6 Å². The van der Waals surface area contributed by atoms with Gasteiger partial charge in [-0.15, -0.1) is 0 Å². The van der Waals surface area contributed by atoms with Gasteiger partial charge in [0.2, 0.25) is 0 Å². The van der Waals surface area contributed by atoms with Gasteiger partial charge in [0.15, 0.2) is 0 Å². The van der Waals surface area contributed by atoms with Crippen molar-refractivity contribution in [2.45, 2.75) is 74.7 Å². The minimum absolute atomic E-state index is 0.0111. The number of esters is 2. The fourth-order valence-corrected chi connectivity index (χ4v) is 10.9. The topological polar surface area (TPSA) is 110 Å². The molecule has 254 valence electrons. The zero-order valence-corrected chi connectivity index (χ0v) is 25.7. The first-order valence-electron chi connectivity index (χ1n) is 15.5. The summed E-state index contributed by atoms with van der Waals surface area (Å²) in [4.78, 5) is 27.3. The van der Waals surface area contributed by atoms with Gasteiger partial charge in [-0.1, -0.05) is 48.5 Å². The number of alkyl halides is 6. The molecule has 6 bridgehead atoms. The summed E-state index contributed by atoms with van der Waals surface area (Å²) in [7, 11) is -6.16. The maximum absolute atomic E-state index is 14.0. The summed E-state index contributed by atoms with van der Waals surface area (Å²) in [5, 5.41) is 0. The summed E-state index contributed by atoms with van der Waals surface area (Å²) in [5.41, 5.74) is -3.80. The van der Waals surface area contributed by atoms with Crippen molar-refractivity contribution in [2.75, 3.05) is 12.4 Å². The molecule has 0 radical (unpaired) electrons. The molecule has 47 heavy (non-hydrogen) atoms. The molecule has 4 fully saturated rings. The fraction of sp³-hybridized carbons (Fsp3) is 0.576. The van der Waals surface area contributed by atoms with Gasteiger partial charge in [0.25, 0.3) is 0 Å². The van der Waals surface area contributed by atoms with E-state index in [9.17, 15) is 48.9 Å². The molecule has 3 atom stereocenters. The molecule has 2 aromatic carbocycles. The lowest BCUT2D eigenvalue weighted by Crippen LogP contribution is -2.66. The number of ether oxygens (including phenoxy) is 2. The van der Waals surface area contributed by atoms with Crippen molar-refractivity contribution in [1.29, 1.82) is 0 Å². The van der Waals surface area contributed by atoms with Gasteiger partial charge in [-0.3, -0.25) is 9.59 Å². The third kappa shape index (κ3) is 5.15. The number of hydrogen-bond donors (Lipinski definition) is 0. The number of hydrogen-bond acceptors (Lipinski definition) is 7.